The highest BCUT2D eigenvalue weighted by molar-refractivity contribution is 5.37. The van der Waals surface area contributed by atoms with Crippen LogP contribution in [0.15, 0.2) is 18.2 Å². The Morgan fingerprint density at radius 3 is 2.53 bits per heavy atom. The number of aromatic nitrogens is 1. The summed E-state index contributed by atoms with van der Waals surface area (Å²) in [6.07, 6.45) is 2.59. The van der Waals surface area contributed by atoms with Gasteiger partial charge in [-0.1, -0.05) is 33.8 Å². The van der Waals surface area contributed by atoms with Crippen molar-refractivity contribution in [1.82, 2.24) is 4.98 Å². The summed E-state index contributed by atoms with van der Waals surface area (Å²) in [7, 11) is 0. The van der Waals surface area contributed by atoms with E-state index in [0.717, 1.165) is 17.7 Å². The molecule has 0 aliphatic heterocycles. The van der Waals surface area contributed by atoms with Gasteiger partial charge in [0.2, 0.25) is 0 Å². The quantitative estimate of drug-likeness (QED) is 0.840. The molecule has 0 saturated heterocycles. The summed E-state index contributed by atoms with van der Waals surface area (Å²) in [6.45, 7) is 9.01. The van der Waals surface area contributed by atoms with Gasteiger partial charge in [-0.25, -0.2) is 4.98 Å². The minimum Gasteiger partial charge on any atom is -0.367 e. The smallest absolute Gasteiger partial charge is 0.126 e. The third-order valence-electron chi connectivity index (χ3n) is 3.83. The third-order valence-corrected chi connectivity index (χ3v) is 3.83. The second-order valence-electron chi connectivity index (χ2n) is 5.92. The van der Waals surface area contributed by atoms with Gasteiger partial charge < -0.3 is 5.32 Å². The predicted octanol–water partition coefficient (Wildman–Crippen LogP) is 4.30. The van der Waals surface area contributed by atoms with Crippen molar-refractivity contribution >= 4 is 5.82 Å². The van der Waals surface area contributed by atoms with E-state index < -0.39 is 0 Å². The molecular weight excluding hydrogens is 208 g/mol. The SMILES string of the molecule is CC(C)c1cccc(NC2CC(C(C)C)C2)n1.[HH]. The Labute approximate surface area is 106 Å². The van der Waals surface area contributed by atoms with Crippen molar-refractivity contribution in [3.05, 3.63) is 23.9 Å². The van der Waals surface area contributed by atoms with Crippen molar-refractivity contribution in [2.75, 3.05) is 5.32 Å². The molecule has 2 heteroatoms. The first-order valence-electron chi connectivity index (χ1n) is 6.79. The lowest BCUT2D eigenvalue weighted by Crippen LogP contribution is -2.38. The Hall–Kier alpha value is -1.05. The number of nitrogens with one attached hydrogen (secondary N) is 1. The first kappa shape index (κ1) is 12.4. The van der Waals surface area contributed by atoms with Gasteiger partial charge in [0.1, 0.15) is 5.82 Å². The lowest BCUT2D eigenvalue weighted by atomic mass is 9.74. The van der Waals surface area contributed by atoms with Gasteiger partial charge in [-0.15, -0.1) is 0 Å². The van der Waals surface area contributed by atoms with Crippen molar-refractivity contribution < 1.29 is 1.43 Å². The van der Waals surface area contributed by atoms with Crippen LogP contribution in [-0.4, -0.2) is 11.0 Å². The van der Waals surface area contributed by atoms with Crippen LogP contribution in [0, 0.1) is 11.8 Å². The molecule has 1 N–H and O–H groups in total. The first-order valence-corrected chi connectivity index (χ1v) is 6.79. The van der Waals surface area contributed by atoms with Crippen LogP contribution in [-0.2, 0) is 0 Å². The summed E-state index contributed by atoms with van der Waals surface area (Å²) in [5.41, 5.74) is 1.18. The van der Waals surface area contributed by atoms with E-state index in [-0.39, 0.29) is 1.43 Å². The Morgan fingerprint density at radius 1 is 1.24 bits per heavy atom. The van der Waals surface area contributed by atoms with E-state index in [0.29, 0.717) is 12.0 Å². The van der Waals surface area contributed by atoms with E-state index in [9.17, 15) is 0 Å². The molecular formula is C15H26N2. The van der Waals surface area contributed by atoms with Gasteiger partial charge in [0.05, 0.1) is 0 Å². The molecule has 0 aromatic carbocycles. The molecule has 17 heavy (non-hydrogen) atoms. The fourth-order valence-electron chi connectivity index (χ4n) is 2.39. The maximum atomic E-state index is 4.65. The van der Waals surface area contributed by atoms with E-state index >= 15 is 0 Å². The normalized spacial score (nSPS) is 23.9. The van der Waals surface area contributed by atoms with Crippen molar-refractivity contribution in [1.29, 1.82) is 0 Å². The molecule has 2 rings (SSSR count). The van der Waals surface area contributed by atoms with Gasteiger partial charge in [0.25, 0.3) is 0 Å². The predicted molar refractivity (Wildman–Crippen MR) is 75.4 cm³/mol. The maximum Gasteiger partial charge on any atom is 0.126 e. The Bertz CT molecular complexity index is 371. The Balaban J connectivity index is 0.00000162. The Morgan fingerprint density at radius 2 is 1.94 bits per heavy atom. The molecule has 1 aliphatic rings. The molecule has 1 aromatic heterocycles. The summed E-state index contributed by atoms with van der Waals surface area (Å²) in [6, 6.07) is 6.92. The first-order chi connectivity index (χ1) is 8.06. The number of pyridine rings is 1. The van der Waals surface area contributed by atoms with E-state index in [1.54, 1.807) is 0 Å². The van der Waals surface area contributed by atoms with E-state index in [1.807, 2.05) is 0 Å². The summed E-state index contributed by atoms with van der Waals surface area (Å²) in [5, 5.41) is 3.55. The molecule has 0 bridgehead atoms. The number of anilines is 1. The molecule has 96 valence electrons. The van der Waals surface area contributed by atoms with Crippen LogP contribution >= 0.6 is 0 Å². The molecule has 0 spiro atoms. The molecule has 1 aromatic rings. The average Bonchev–Trinajstić information content (AvgIpc) is 2.22. The van der Waals surface area contributed by atoms with Crippen LogP contribution in [0.2, 0.25) is 0 Å². The van der Waals surface area contributed by atoms with Crippen LogP contribution in [0.4, 0.5) is 5.82 Å². The van der Waals surface area contributed by atoms with Gasteiger partial charge in [0, 0.05) is 13.2 Å². The molecule has 1 aliphatic carbocycles. The zero-order chi connectivity index (χ0) is 12.4. The van der Waals surface area contributed by atoms with Crippen LogP contribution < -0.4 is 5.32 Å². The highest BCUT2D eigenvalue weighted by Gasteiger charge is 2.31. The summed E-state index contributed by atoms with van der Waals surface area (Å²) >= 11 is 0. The van der Waals surface area contributed by atoms with Crippen molar-refractivity contribution in [2.24, 2.45) is 11.8 Å². The standard InChI is InChI=1S/C15H24N2.H2/c1-10(2)12-8-13(9-12)16-15-7-5-6-14(17-15)11(3)4;/h5-7,10-13H,8-9H2,1-4H3,(H,16,17);1H. The molecule has 0 amide bonds. The van der Waals surface area contributed by atoms with Crippen LogP contribution in [0.1, 0.15) is 53.6 Å². The summed E-state index contributed by atoms with van der Waals surface area (Å²) in [4.78, 5) is 4.65. The lowest BCUT2D eigenvalue weighted by molar-refractivity contribution is 0.211. The topological polar surface area (TPSA) is 24.9 Å². The molecule has 1 heterocycles. The second kappa shape index (κ2) is 5.07. The molecule has 0 unspecified atom stereocenters. The molecule has 1 fully saturated rings. The van der Waals surface area contributed by atoms with Crippen LogP contribution in [0.5, 0.6) is 0 Å². The van der Waals surface area contributed by atoms with Gasteiger partial charge in [-0.05, 0) is 42.7 Å². The highest BCUT2D eigenvalue weighted by Crippen LogP contribution is 2.35. The fraction of sp³-hybridized carbons (Fsp3) is 0.667. The van der Waals surface area contributed by atoms with Crippen molar-refractivity contribution in [3.63, 3.8) is 0 Å². The van der Waals surface area contributed by atoms with Gasteiger partial charge in [-0.2, -0.15) is 0 Å². The van der Waals surface area contributed by atoms with Gasteiger partial charge in [0.15, 0.2) is 0 Å². The number of nitrogens with zero attached hydrogens (tertiary/aromatic N) is 1. The number of hydrogen-bond acceptors (Lipinski definition) is 2. The lowest BCUT2D eigenvalue weighted by Gasteiger charge is -2.38. The third kappa shape index (κ3) is 2.99. The number of rotatable bonds is 4. The number of hydrogen-bond donors (Lipinski definition) is 1. The van der Waals surface area contributed by atoms with Gasteiger partial charge in [-0.3, -0.25) is 0 Å². The largest absolute Gasteiger partial charge is 0.367 e. The van der Waals surface area contributed by atoms with Gasteiger partial charge >= 0.3 is 0 Å². The maximum absolute atomic E-state index is 4.65. The van der Waals surface area contributed by atoms with E-state index in [4.69, 9.17) is 0 Å². The van der Waals surface area contributed by atoms with E-state index in [2.05, 4.69) is 56.2 Å². The van der Waals surface area contributed by atoms with Crippen LogP contribution in [0.3, 0.4) is 0 Å². The minimum atomic E-state index is 0. The monoisotopic (exact) mass is 234 g/mol. The molecule has 0 atom stereocenters. The summed E-state index contributed by atoms with van der Waals surface area (Å²) in [5.74, 6) is 3.27. The zero-order valence-electron chi connectivity index (χ0n) is 11.4. The molecule has 2 nitrogen and oxygen atoms in total. The second-order valence-corrected chi connectivity index (χ2v) is 5.92. The van der Waals surface area contributed by atoms with Crippen molar-refractivity contribution in [3.8, 4) is 0 Å². The fourth-order valence-corrected chi connectivity index (χ4v) is 2.39. The van der Waals surface area contributed by atoms with Crippen molar-refractivity contribution in [2.45, 2.75) is 52.5 Å². The summed E-state index contributed by atoms with van der Waals surface area (Å²) < 4.78 is 0. The zero-order valence-corrected chi connectivity index (χ0v) is 11.4. The average molecular weight is 234 g/mol. The highest BCUT2D eigenvalue weighted by atomic mass is 15.0. The Kier molecular flexibility index (Phi) is 3.70. The molecule has 0 radical (unpaired) electrons. The van der Waals surface area contributed by atoms with Crippen LogP contribution in [0.25, 0.3) is 0 Å². The van der Waals surface area contributed by atoms with E-state index in [1.165, 1.54) is 18.5 Å². The molecule has 1 saturated carbocycles. The minimum absolute atomic E-state index is 0.